The maximum atomic E-state index is 6.63. The van der Waals surface area contributed by atoms with E-state index in [1.807, 2.05) is 7.11 Å². The first-order valence-electron chi connectivity index (χ1n) is 7.61. The molecular weight excluding hydrogens is 224 g/mol. The third kappa shape index (κ3) is 3.94. The van der Waals surface area contributed by atoms with Gasteiger partial charge in [-0.15, -0.1) is 0 Å². The van der Waals surface area contributed by atoms with Gasteiger partial charge in [-0.3, -0.25) is 0 Å². The summed E-state index contributed by atoms with van der Waals surface area (Å²) in [5.74, 6) is 1.52. The minimum absolute atomic E-state index is 0.0760. The maximum absolute atomic E-state index is 6.63. The van der Waals surface area contributed by atoms with E-state index < -0.39 is 0 Å². The zero-order valence-corrected chi connectivity index (χ0v) is 12.2. The Hall–Kier alpha value is -0.120. The van der Waals surface area contributed by atoms with Crippen molar-refractivity contribution < 1.29 is 4.74 Å². The Bertz CT molecular complexity index is 257. The lowest BCUT2D eigenvalue weighted by Gasteiger charge is -2.43. The molecule has 1 saturated heterocycles. The van der Waals surface area contributed by atoms with Crippen molar-refractivity contribution in [3.63, 3.8) is 0 Å². The zero-order chi connectivity index (χ0) is 13.0. The second kappa shape index (κ2) is 6.36. The summed E-state index contributed by atoms with van der Waals surface area (Å²) in [6, 6.07) is 0. The summed E-state index contributed by atoms with van der Waals surface area (Å²) in [5.41, 5.74) is 6.70. The number of nitrogens with zero attached hydrogens (tertiary/aromatic N) is 1. The minimum atomic E-state index is 0.0760. The van der Waals surface area contributed by atoms with Gasteiger partial charge < -0.3 is 15.4 Å². The smallest absolute Gasteiger partial charge is 0.0502 e. The molecular formula is C15H30N2O. The molecule has 3 unspecified atom stereocenters. The monoisotopic (exact) mass is 254 g/mol. The van der Waals surface area contributed by atoms with Crippen LogP contribution in [0, 0.1) is 11.8 Å². The lowest BCUT2D eigenvalue weighted by molar-refractivity contribution is 0.0682. The Labute approximate surface area is 112 Å². The van der Waals surface area contributed by atoms with Crippen molar-refractivity contribution in [1.82, 2.24) is 4.90 Å². The SMILES string of the molecule is COCC1CCCN(CC2(N)CCCC(C)C2)C1. The molecule has 0 radical (unpaired) electrons. The number of hydrogen-bond acceptors (Lipinski definition) is 3. The van der Waals surface area contributed by atoms with Crippen LogP contribution < -0.4 is 5.73 Å². The minimum Gasteiger partial charge on any atom is -0.384 e. The molecule has 106 valence electrons. The number of hydrogen-bond donors (Lipinski definition) is 1. The van der Waals surface area contributed by atoms with Crippen LogP contribution in [0.1, 0.15) is 45.4 Å². The first-order valence-corrected chi connectivity index (χ1v) is 7.61. The van der Waals surface area contributed by atoms with E-state index in [4.69, 9.17) is 10.5 Å². The van der Waals surface area contributed by atoms with Crippen molar-refractivity contribution in [2.24, 2.45) is 17.6 Å². The van der Waals surface area contributed by atoms with Crippen molar-refractivity contribution >= 4 is 0 Å². The molecule has 18 heavy (non-hydrogen) atoms. The van der Waals surface area contributed by atoms with Crippen molar-refractivity contribution in [2.75, 3.05) is 33.4 Å². The van der Waals surface area contributed by atoms with Crippen molar-refractivity contribution in [3.05, 3.63) is 0 Å². The Morgan fingerprint density at radius 3 is 2.89 bits per heavy atom. The van der Waals surface area contributed by atoms with E-state index in [1.165, 1.54) is 51.6 Å². The normalized spacial score (nSPS) is 38.8. The third-order valence-corrected chi connectivity index (χ3v) is 4.67. The number of likely N-dealkylation sites (tertiary alicyclic amines) is 1. The van der Waals surface area contributed by atoms with Crippen LogP contribution in [0.3, 0.4) is 0 Å². The fraction of sp³-hybridized carbons (Fsp3) is 1.00. The maximum Gasteiger partial charge on any atom is 0.0502 e. The van der Waals surface area contributed by atoms with Gasteiger partial charge in [-0.05, 0) is 44.1 Å². The molecule has 2 N–H and O–H groups in total. The summed E-state index contributed by atoms with van der Waals surface area (Å²) >= 11 is 0. The van der Waals surface area contributed by atoms with Crippen LogP contribution in [-0.2, 0) is 4.74 Å². The third-order valence-electron chi connectivity index (χ3n) is 4.67. The van der Waals surface area contributed by atoms with Gasteiger partial charge in [-0.2, -0.15) is 0 Å². The molecule has 0 bridgehead atoms. The molecule has 2 aliphatic rings. The molecule has 2 rings (SSSR count). The average Bonchev–Trinajstić information content (AvgIpc) is 2.28. The summed E-state index contributed by atoms with van der Waals surface area (Å²) in [6.45, 7) is 6.77. The molecule has 1 aliphatic carbocycles. The van der Waals surface area contributed by atoms with E-state index in [-0.39, 0.29) is 5.54 Å². The van der Waals surface area contributed by atoms with Crippen LogP contribution >= 0.6 is 0 Å². The van der Waals surface area contributed by atoms with Gasteiger partial charge in [0.05, 0.1) is 6.61 Å². The Kier molecular flexibility index (Phi) is 5.05. The highest BCUT2D eigenvalue weighted by Crippen LogP contribution is 2.32. The summed E-state index contributed by atoms with van der Waals surface area (Å²) < 4.78 is 5.30. The number of nitrogens with two attached hydrogens (primary N) is 1. The van der Waals surface area contributed by atoms with Gasteiger partial charge in [-0.25, -0.2) is 0 Å². The molecule has 0 spiro atoms. The van der Waals surface area contributed by atoms with Crippen LogP contribution in [0.5, 0.6) is 0 Å². The molecule has 3 atom stereocenters. The summed E-state index contributed by atoms with van der Waals surface area (Å²) in [7, 11) is 1.81. The predicted molar refractivity (Wildman–Crippen MR) is 75.6 cm³/mol. The molecule has 3 nitrogen and oxygen atoms in total. The number of ether oxygens (including phenoxy) is 1. The first-order chi connectivity index (χ1) is 8.61. The van der Waals surface area contributed by atoms with Crippen molar-refractivity contribution in [2.45, 2.75) is 51.0 Å². The first kappa shape index (κ1) is 14.3. The number of rotatable bonds is 4. The highest BCUT2D eigenvalue weighted by molar-refractivity contribution is 4.93. The molecule has 0 aromatic rings. The summed E-state index contributed by atoms with van der Waals surface area (Å²) in [6.07, 6.45) is 7.72. The van der Waals surface area contributed by atoms with Crippen LogP contribution in [0.2, 0.25) is 0 Å². The fourth-order valence-electron chi connectivity index (χ4n) is 3.96. The van der Waals surface area contributed by atoms with E-state index in [2.05, 4.69) is 11.8 Å². The van der Waals surface area contributed by atoms with Gasteiger partial charge in [0.2, 0.25) is 0 Å². The lowest BCUT2D eigenvalue weighted by atomic mass is 9.76. The van der Waals surface area contributed by atoms with Gasteiger partial charge in [0.25, 0.3) is 0 Å². The lowest BCUT2D eigenvalue weighted by Crippen LogP contribution is -2.54. The van der Waals surface area contributed by atoms with E-state index in [0.29, 0.717) is 5.92 Å². The van der Waals surface area contributed by atoms with Gasteiger partial charge in [0.15, 0.2) is 0 Å². The van der Waals surface area contributed by atoms with Crippen LogP contribution in [0.15, 0.2) is 0 Å². The Balaban J connectivity index is 1.84. The molecule has 0 amide bonds. The van der Waals surface area contributed by atoms with Gasteiger partial charge in [-0.1, -0.05) is 19.8 Å². The molecule has 1 aliphatic heterocycles. The largest absolute Gasteiger partial charge is 0.384 e. The summed E-state index contributed by atoms with van der Waals surface area (Å²) in [5, 5.41) is 0. The van der Waals surface area contributed by atoms with Gasteiger partial charge >= 0.3 is 0 Å². The number of methoxy groups -OCH3 is 1. The predicted octanol–water partition coefficient (Wildman–Crippen LogP) is 2.25. The second-order valence-electron chi connectivity index (χ2n) is 6.76. The Morgan fingerprint density at radius 2 is 2.17 bits per heavy atom. The van der Waals surface area contributed by atoms with Crippen molar-refractivity contribution in [1.29, 1.82) is 0 Å². The topological polar surface area (TPSA) is 38.5 Å². The van der Waals surface area contributed by atoms with Crippen LogP contribution in [0.4, 0.5) is 0 Å². The average molecular weight is 254 g/mol. The molecule has 0 aromatic carbocycles. The molecule has 0 aromatic heterocycles. The fourth-order valence-corrected chi connectivity index (χ4v) is 3.96. The zero-order valence-electron chi connectivity index (χ0n) is 12.2. The molecule has 2 fully saturated rings. The molecule has 1 heterocycles. The second-order valence-corrected chi connectivity index (χ2v) is 6.76. The van der Waals surface area contributed by atoms with E-state index in [0.717, 1.165) is 19.1 Å². The van der Waals surface area contributed by atoms with Crippen LogP contribution in [0.25, 0.3) is 0 Å². The van der Waals surface area contributed by atoms with E-state index >= 15 is 0 Å². The molecule has 1 saturated carbocycles. The highest BCUT2D eigenvalue weighted by Gasteiger charge is 2.34. The van der Waals surface area contributed by atoms with Crippen molar-refractivity contribution in [3.8, 4) is 0 Å². The quantitative estimate of drug-likeness (QED) is 0.836. The van der Waals surface area contributed by atoms with E-state index in [1.54, 1.807) is 0 Å². The summed E-state index contributed by atoms with van der Waals surface area (Å²) in [4.78, 5) is 2.59. The van der Waals surface area contributed by atoms with Gasteiger partial charge in [0.1, 0.15) is 0 Å². The number of piperidine rings is 1. The highest BCUT2D eigenvalue weighted by atomic mass is 16.5. The Morgan fingerprint density at radius 1 is 1.33 bits per heavy atom. The van der Waals surface area contributed by atoms with Gasteiger partial charge in [0, 0.05) is 25.7 Å². The van der Waals surface area contributed by atoms with E-state index in [9.17, 15) is 0 Å². The molecule has 3 heteroatoms. The van der Waals surface area contributed by atoms with Crippen LogP contribution in [-0.4, -0.2) is 43.8 Å². The standard InChI is InChI=1S/C15H30N2O/c1-13-5-3-7-15(16,9-13)12-17-8-4-6-14(10-17)11-18-2/h13-14H,3-12,16H2,1-2H3.